The number of alkyl halides is 3. The maximum atomic E-state index is 13.4. The van der Waals surface area contributed by atoms with Crippen molar-refractivity contribution in [2.24, 2.45) is 12.5 Å². The third-order valence-corrected chi connectivity index (χ3v) is 6.98. The zero-order chi connectivity index (χ0) is 21.6. The molecule has 3 aliphatic rings. The molecule has 1 aromatic heterocycles. The van der Waals surface area contributed by atoms with Crippen LogP contribution in [0.1, 0.15) is 29.7 Å². The third kappa shape index (κ3) is 2.45. The lowest BCUT2D eigenvalue weighted by Crippen LogP contribution is -2.44. The molecule has 1 amide bonds. The van der Waals surface area contributed by atoms with Crippen molar-refractivity contribution in [2.75, 3.05) is 5.32 Å². The number of aliphatic hydroxyl groups excluding tert-OH is 1. The van der Waals surface area contributed by atoms with Gasteiger partial charge in [0.2, 0.25) is 5.91 Å². The average molecular weight is 442 g/mol. The second-order valence-corrected chi connectivity index (χ2v) is 8.89. The summed E-state index contributed by atoms with van der Waals surface area (Å²) in [6.45, 7) is 1.83. The van der Waals surface area contributed by atoms with E-state index in [1.54, 1.807) is 11.7 Å². The lowest BCUT2D eigenvalue weighted by atomic mass is 9.74. The first-order valence-electron chi connectivity index (χ1n) is 9.52. The molecule has 160 valence electrons. The van der Waals surface area contributed by atoms with Crippen molar-refractivity contribution in [3.05, 3.63) is 46.2 Å². The highest BCUT2D eigenvalue weighted by Crippen LogP contribution is 2.78. The molecule has 2 aromatic rings. The summed E-state index contributed by atoms with van der Waals surface area (Å²) in [6.07, 6.45) is -3.79. The first kappa shape index (κ1) is 19.8. The molecule has 2 N–H and O–H groups in total. The van der Waals surface area contributed by atoms with Gasteiger partial charge in [-0.05, 0) is 31.5 Å². The van der Waals surface area contributed by atoms with E-state index in [1.807, 2.05) is 13.1 Å². The number of halogens is 4. The van der Waals surface area contributed by atoms with Crippen molar-refractivity contribution in [1.82, 2.24) is 9.78 Å². The zero-order valence-electron chi connectivity index (χ0n) is 16.1. The van der Waals surface area contributed by atoms with Crippen LogP contribution in [0.2, 0.25) is 5.02 Å². The minimum Gasteiger partial charge on any atom is -0.390 e. The molecular weight excluding hydrogens is 423 g/mol. The van der Waals surface area contributed by atoms with E-state index in [0.29, 0.717) is 12.8 Å². The van der Waals surface area contributed by atoms with Crippen molar-refractivity contribution in [3.63, 3.8) is 0 Å². The molecule has 1 aliphatic carbocycles. The van der Waals surface area contributed by atoms with Gasteiger partial charge >= 0.3 is 6.18 Å². The summed E-state index contributed by atoms with van der Waals surface area (Å²) in [4.78, 5) is 13.4. The van der Waals surface area contributed by atoms with Gasteiger partial charge in [0.15, 0.2) is 0 Å². The molecule has 6 nitrogen and oxygen atoms in total. The summed E-state index contributed by atoms with van der Waals surface area (Å²) < 4.78 is 47.0. The average Bonchev–Trinajstić information content (AvgIpc) is 2.85. The van der Waals surface area contributed by atoms with Crippen LogP contribution in [-0.4, -0.2) is 39.1 Å². The molecule has 0 unspecified atom stereocenters. The van der Waals surface area contributed by atoms with Crippen LogP contribution < -0.4 is 5.32 Å². The van der Waals surface area contributed by atoms with E-state index in [2.05, 4.69) is 10.4 Å². The molecule has 5 atom stereocenters. The molecule has 1 saturated carbocycles. The van der Waals surface area contributed by atoms with E-state index in [-0.39, 0.29) is 10.7 Å². The zero-order valence-corrected chi connectivity index (χ0v) is 16.9. The van der Waals surface area contributed by atoms with Crippen LogP contribution in [0, 0.1) is 12.3 Å². The van der Waals surface area contributed by atoms with Crippen LogP contribution in [0.25, 0.3) is 0 Å². The number of aliphatic hydroxyl groups is 1. The van der Waals surface area contributed by atoms with E-state index in [0.717, 1.165) is 23.4 Å². The van der Waals surface area contributed by atoms with E-state index in [1.165, 1.54) is 6.07 Å². The Labute approximate surface area is 175 Å². The number of hydrogen-bond acceptors (Lipinski definition) is 4. The van der Waals surface area contributed by atoms with Gasteiger partial charge in [-0.15, -0.1) is 0 Å². The fourth-order valence-corrected chi connectivity index (χ4v) is 5.84. The first-order valence-corrected chi connectivity index (χ1v) is 9.90. The van der Waals surface area contributed by atoms with E-state index in [4.69, 9.17) is 16.3 Å². The van der Waals surface area contributed by atoms with Crippen molar-refractivity contribution in [1.29, 1.82) is 0 Å². The van der Waals surface area contributed by atoms with Crippen LogP contribution in [0.3, 0.4) is 0 Å². The second-order valence-electron chi connectivity index (χ2n) is 8.45. The van der Waals surface area contributed by atoms with Crippen molar-refractivity contribution in [2.45, 2.75) is 49.7 Å². The summed E-state index contributed by atoms with van der Waals surface area (Å²) in [5.74, 6) is -0.430. The Morgan fingerprint density at radius 3 is 2.77 bits per heavy atom. The number of benzene rings is 1. The highest BCUT2D eigenvalue weighted by Gasteiger charge is 2.87. The summed E-state index contributed by atoms with van der Waals surface area (Å²) in [6, 6.07) is 2.96. The summed E-state index contributed by atoms with van der Waals surface area (Å²) >= 11 is 5.85. The van der Waals surface area contributed by atoms with Crippen LogP contribution in [0.5, 0.6) is 0 Å². The van der Waals surface area contributed by atoms with Crippen LogP contribution in [0.4, 0.5) is 18.9 Å². The van der Waals surface area contributed by atoms with E-state index in [9.17, 15) is 23.1 Å². The highest BCUT2D eigenvalue weighted by atomic mass is 35.5. The lowest BCUT2D eigenvalue weighted by Gasteiger charge is -2.29. The van der Waals surface area contributed by atoms with Crippen molar-refractivity contribution >= 4 is 23.2 Å². The molecular formula is C20H19ClF3N3O3. The molecule has 2 aliphatic heterocycles. The Hall–Kier alpha value is -2.10. The third-order valence-electron chi connectivity index (χ3n) is 6.76. The molecule has 3 fully saturated rings. The van der Waals surface area contributed by atoms with Crippen LogP contribution in [0.15, 0.2) is 24.4 Å². The first-order chi connectivity index (χ1) is 14.0. The standard InChI is InChI=1S/C20H19ClF3N3O3/c1-9-13(7-27(2)26-9)18-8-19(18,15-6-14(28)16(18)30-15)17(29)25-12-4-10(20(22,23)24)3-11(21)5-12/h3-5,7,14-16,28H,6,8H2,1-2H3,(H,25,29)/t14-,15+,16-,18+,19+/m0/s1. The molecule has 10 heteroatoms. The smallest absolute Gasteiger partial charge is 0.390 e. The Morgan fingerprint density at radius 2 is 2.13 bits per heavy atom. The Bertz CT molecular complexity index is 1070. The number of nitrogens with one attached hydrogen (secondary N) is 1. The summed E-state index contributed by atoms with van der Waals surface area (Å²) in [7, 11) is 1.77. The Balaban J connectivity index is 1.52. The number of aryl methyl sites for hydroxylation is 2. The topological polar surface area (TPSA) is 76.4 Å². The number of ether oxygens (including phenoxy) is 1. The second kappa shape index (κ2) is 5.99. The normalized spacial score (nSPS) is 34.2. The summed E-state index contributed by atoms with van der Waals surface area (Å²) in [5, 5.41) is 17.3. The van der Waals surface area contributed by atoms with Crippen molar-refractivity contribution in [3.8, 4) is 0 Å². The van der Waals surface area contributed by atoms with Gasteiger partial charge in [0.05, 0.1) is 35.0 Å². The predicted molar refractivity (Wildman–Crippen MR) is 101 cm³/mol. The number of hydrogen-bond donors (Lipinski definition) is 2. The van der Waals surface area contributed by atoms with Crippen LogP contribution >= 0.6 is 11.6 Å². The Kier molecular flexibility index (Phi) is 3.96. The highest BCUT2D eigenvalue weighted by molar-refractivity contribution is 6.31. The number of nitrogens with zero attached hydrogens (tertiary/aromatic N) is 2. The SMILES string of the molecule is Cc1nn(C)cc1[C@@]12C[C@]1(C(=O)Nc1cc(Cl)cc(C(F)(F)F)c1)[C@H]1C[C@H](O)[C@@H]2O1. The fraction of sp³-hybridized carbons (Fsp3) is 0.500. The molecule has 0 radical (unpaired) electrons. The largest absolute Gasteiger partial charge is 0.416 e. The Morgan fingerprint density at radius 1 is 1.40 bits per heavy atom. The monoisotopic (exact) mass is 441 g/mol. The molecule has 3 heterocycles. The number of carbonyl (C=O) groups excluding carboxylic acids is 1. The van der Waals surface area contributed by atoms with Gasteiger partial charge in [-0.2, -0.15) is 18.3 Å². The van der Waals surface area contributed by atoms with Crippen molar-refractivity contribution < 1.29 is 27.8 Å². The van der Waals surface area contributed by atoms with E-state index >= 15 is 0 Å². The number of aromatic nitrogens is 2. The number of amides is 1. The minimum atomic E-state index is -4.58. The molecule has 5 rings (SSSR count). The molecule has 1 aromatic carbocycles. The predicted octanol–water partition coefficient (Wildman–Crippen LogP) is 3.20. The molecule has 30 heavy (non-hydrogen) atoms. The fourth-order valence-electron chi connectivity index (χ4n) is 5.60. The van der Waals surface area contributed by atoms with Crippen LogP contribution in [-0.2, 0) is 28.2 Å². The van der Waals surface area contributed by atoms with Gasteiger partial charge in [-0.1, -0.05) is 11.6 Å². The maximum Gasteiger partial charge on any atom is 0.416 e. The number of anilines is 1. The van der Waals surface area contributed by atoms with Gasteiger partial charge in [0.25, 0.3) is 0 Å². The quantitative estimate of drug-likeness (QED) is 0.767. The lowest BCUT2D eigenvalue weighted by molar-refractivity contribution is -0.137. The number of rotatable bonds is 3. The molecule has 2 bridgehead atoms. The van der Waals surface area contributed by atoms with Gasteiger partial charge in [0.1, 0.15) is 0 Å². The maximum absolute atomic E-state index is 13.4. The van der Waals surface area contributed by atoms with Gasteiger partial charge in [-0.3, -0.25) is 9.48 Å². The van der Waals surface area contributed by atoms with Gasteiger partial charge < -0.3 is 15.2 Å². The number of fused-ring (bicyclic) bond motifs is 5. The summed E-state index contributed by atoms with van der Waals surface area (Å²) in [5.41, 5.74) is -1.12. The number of carbonyl (C=O) groups is 1. The van der Waals surface area contributed by atoms with Gasteiger partial charge in [-0.25, -0.2) is 0 Å². The van der Waals surface area contributed by atoms with E-state index < -0.39 is 46.8 Å². The minimum absolute atomic E-state index is 0.0266. The molecule has 2 saturated heterocycles. The van der Waals surface area contributed by atoms with Gasteiger partial charge in [0, 0.05) is 41.4 Å². The molecule has 0 spiro atoms.